The molecule has 1 atom stereocenters. The Labute approximate surface area is 101 Å². The maximum atomic E-state index is 5.81. The summed E-state index contributed by atoms with van der Waals surface area (Å²) in [5.41, 5.74) is 2.01. The zero-order chi connectivity index (χ0) is 11.4. The van der Waals surface area contributed by atoms with Crippen molar-refractivity contribution < 1.29 is 4.74 Å². The number of nitrogens with one attached hydrogen (secondary N) is 1. The van der Waals surface area contributed by atoms with Gasteiger partial charge in [0.15, 0.2) is 0 Å². The van der Waals surface area contributed by atoms with Gasteiger partial charge in [0.05, 0.1) is 18.0 Å². The summed E-state index contributed by atoms with van der Waals surface area (Å²) in [7, 11) is 0. The summed E-state index contributed by atoms with van der Waals surface area (Å²) in [6.45, 7) is 4.70. The fourth-order valence-corrected chi connectivity index (χ4v) is 2.13. The molecular weight excluding hydrogens is 224 g/mol. The molecule has 0 bridgehead atoms. The average Bonchev–Trinajstić information content (AvgIpc) is 2.29. The molecule has 0 aliphatic carbocycles. The number of aryl methyl sites for hydroxylation is 1. The van der Waals surface area contributed by atoms with Gasteiger partial charge in [0, 0.05) is 13.2 Å². The number of halogens is 1. The Hall–Kier alpha value is -0.800. The second-order valence-electron chi connectivity index (χ2n) is 4.23. The minimum Gasteiger partial charge on any atom is -0.383 e. The molecular formula is C12H17ClN2O. The van der Waals surface area contributed by atoms with E-state index in [1.165, 1.54) is 12.8 Å². The highest BCUT2D eigenvalue weighted by Gasteiger charge is 2.13. The first-order chi connectivity index (χ1) is 7.75. The third kappa shape index (κ3) is 3.09. The van der Waals surface area contributed by atoms with Gasteiger partial charge in [0.2, 0.25) is 0 Å². The van der Waals surface area contributed by atoms with Crippen molar-refractivity contribution in [3.8, 4) is 0 Å². The largest absolute Gasteiger partial charge is 0.383 e. The first kappa shape index (κ1) is 11.7. The standard InChI is InChI=1S/C12H17ClN2O/c1-9-11(4-5-12(13)15-9)14-7-10-3-2-6-16-8-10/h4-5,10,14H,2-3,6-8H2,1H3. The van der Waals surface area contributed by atoms with Gasteiger partial charge in [-0.1, -0.05) is 11.6 Å². The van der Waals surface area contributed by atoms with Gasteiger partial charge in [-0.05, 0) is 37.8 Å². The second-order valence-corrected chi connectivity index (χ2v) is 4.62. The summed E-state index contributed by atoms with van der Waals surface area (Å²) in [6.07, 6.45) is 2.41. The van der Waals surface area contributed by atoms with E-state index in [9.17, 15) is 0 Å². The van der Waals surface area contributed by atoms with Crippen molar-refractivity contribution in [3.63, 3.8) is 0 Å². The van der Waals surface area contributed by atoms with Gasteiger partial charge in [-0.2, -0.15) is 0 Å². The first-order valence-corrected chi connectivity index (χ1v) is 6.08. The van der Waals surface area contributed by atoms with E-state index in [0.29, 0.717) is 11.1 Å². The molecule has 1 aromatic rings. The zero-order valence-corrected chi connectivity index (χ0v) is 10.3. The minimum atomic E-state index is 0.545. The molecule has 1 fully saturated rings. The molecule has 88 valence electrons. The van der Waals surface area contributed by atoms with Crippen molar-refractivity contribution in [2.45, 2.75) is 19.8 Å². The lowest BCUT2D eigenvalue weighted by atomic mass is 10.0. The van der Waals surface area contributed by atoms with Crippen molar-refractivity contribution in [2.75, 3.05) is 25.1 Å². The number of aromatic nitrogens is 1. The van der Waals surface area contributed by atoms with Crippen LogP contribution in [0.25, 0.3) is 0 Å². The highest BCUT2D eigenvalue weighted by molar-refractivity contribution is 6.29. The van der Waals surface area contributed by atoms with E-state index in [0.717, 1.165) is 31.1 Å². The Morgan fingerprint density at radius 3 is 3.12 bits per heavy atom. The third-order valence-corrected chi connectivity index (χ3v) is 3.10. The molecule has 1 saturated heterocycles. The lowest BCUT2D eigenvalue weighted by Crippen LogP contribution is -2.24. The summed E-state index contributed by atoms with van der Waals surface area (Å²) in [5.74, 6) is 0.615. The molecule has 0 spiro atoms. The lowest BCUT2D eigenvalue weighted by molar-refractivity contribution is 0.0595. The monoisotopic (exact) mass is 240 g/mol. The van der Waals surface area contributed by atoms with Gasteiger partial charge in [-0.25, -0.2) is 4.98 Å². The number of rotatable bonds is 3. The Balaban J connectivity index is 1.88. The maximum absolute atomic E-state index is 5.81. The summed E-state index contributed by atoms with van der Waals surface area (Å²) < 4.78 is 5.44. The molecule has 2 rings (SSSR count). The number of ether oxygens (including phenoxy) is 1. The zero-order valence-electron chi connectivity index (χ0n) is 9.50. The van der Waals surface area contributed by atoms with Gasteiger partial charge in [-0.15, -0.1) is 0 Å². The molecule has 3 nitrogen and oxygen atoms in total. The normalized spacial score (nSPS) is 20.8. The SMILES string of the molecule is Cc1nc(Cl)ccc1NCC1CCCOC1. The van der Waals surface area contributed by atoms with Crippen molar-refractivity contribution >= 4 is 17.3 Å². The maximum Gasteiger partial charge on any atom is 0.129 e. The van der Waals surface area contributed by atoms with Crippen LogP contribution in [0.3, 0.4) is 0 Å². The molecule has 0 radical (unpaired) electrons. The van der Waals surface area contributed by atoms with E-state index < -0.39 is 0 Å². The summed E-state index contributed by atoms with van der Waals surface area (Å²) in [6, 6.07) is 3.79. The van der Waals surface area contributed by atoms with Crippen LogP contribution in [0.15, 0.2) is 12.1 Å². The fourth-order valence-electron chi connectivity index (χ4n) is 1.94. The number of hydrogen-bond acceptors (Lipinski definition) is 3. The van der Waals surface area contributed by atoms with Crippen LogP contribution in [0.5, 0.6) is 0 Å². The molecule has 1 aliphatic rings. The molecule has 1 aliphatic heterocycles. The van der Waals surface area contributed by atoms with E-state index in [1.807, 2.05) is 19.1 Å². The lowest BCUT2D eigenvalue weighted by Gasteiger charge is -2.23. The molecule has 1 unspecified atom stereocenters. The van der Waals surface area contributed by atoms with E-state index in [2.05, 4.69) is 10.3 Å². The van der Waals surface area contributed by atoms with E-state index in [-0.39, 0.29) is 0 Å². The third-order valence-electron chi connectivity index (χ3n) is 2.89. The summed E-state index contributed by atoms with van der Waals surface area (Å²) in [5, 5.41) is 3.95. The van der Waals surface area contributed by atoms with Crippen molar-refractivity contribution in [2.24, 2.45) is 5.92 Å². The van der Waals surface area contributed by atoms with Gasteiger partial charge < -0.3 is 10.1 Å². The second kappa shape index (κ2) is 5.51. The molecule has 0 saturated carbocycles. The van der Waals surface area contributed by atoms with Gasteiger partial charge in [0.25, 0.3) is 0 Å². The minimum absolute atomic E-state index is 0.545. The topological polar surface area (TPSA) is 34.2 Å². The Morgan fingerprint density at radius 1 is 1.56 bits per heavy atom. The number of pyridine rings is 1. The molecule has 4 heteroatoms. The van der Waals surface area contributed by atoms with Crippen LogP contribution in [0.2, 0.25) is 5.15 Å². The predicted molar refractivity (Wildman–Crippen MR) is 66.0 cm³/mol. The molecule has 0 amide bonds. The van der Waals surface area contributed by atoms with Gasteiger partial charge >= 0.3 is 0 Å². The molecule has 1 aromatic heterocycles. The van der Waals surface area contributed by atoms with E-state index in [1.54, 1.807) is 0 Å². The Kier molecular flexibility index (Phi) is 4.02. The number of nitrogens with zero attached hydrogens (tertiary/aromatic N) is 1. The van der Waals surface area contributed by atoms with Crippen LogP contribution in [-0.4, -0.2) is 24.7 Å². The smallest absolute Gasteiger partial charge is 0.129 e. The highest BCUT2D eigenvalue weighted by Crippen LogP contribution is 2.18. The summed E-state index contributed by atoms with van der Waals surface area (Å²) in [4.78, 5) is 4.21. The fraction of sp³-hybridized carbons (Fsp3) is 0.583. The number of hydrogen-bond donors (Lipinski definition) is 1. The van der Waals surface area contributed by atoms with Crippen LogP contribution in [-0.2, 0) is 4.74 Å². The van der Waals surface area contributed by atoms with E-state index >= 15 is 0 Å². The molecule has 1 N–H and O–H groups in total. The average molecular weight is 241 g/mol. The van der Waals surface area contributed by atoms with Gasteiger partial charge in [0.1, 0.15) is 5.15 Å². The van der Waals surface area contributed by atoms with Crippen LogP contribution in [0.4, 0.5) is 5.69 Å². The highest BCUT2D eigenvalue weighted by atomic mass is 35.5. The predicted octanol–water partition coefficient (Wildman–Crippen LogP) is 2.88. The Morgan fingerprint density at radius 2 is 2.44 bits per heavy atom. The Bertz CT molecular complexity index is 351. The quantitative estimate of drug-likeness (QED) is 0.825. The van der Waals surface area contributed by atoms with Crippen LogP contribution in [0.1, 0.15) is 18.5 Å². The van der Waals surface area contributed by atoms with Gasteiger partial charge in [-0.3, -0.25) is 0 Å². The summed E-state index contributed by atoms with van der Waals surface area (Å²) >= 11 is 5.81. The van der Waals surface area contributed by atoms with E-state index in [4.69, 9.17) is 16.3 Å². The molecule has 0 aromatic carbocycles. The van der Waals surface area contributed by atoms with Crippen molar-refractivity contribution in [3.05, 3.63) is 23.0 Å². The van der Waals surface area contributed by atoms with Crippen molar-refractivity contribution in [1.82, 2.24) is 4.98 Å². The van der Waals surface area contributed by atoms with Crippen LogP contribution in [0, 0.1) is 12.8 Å². The molecule has 16 heavy (non-hydrogen) atoms. The van der Waals surface area contributed by atoms with Crippen LogP contribution < -0.4 is 5.32 Å². The van der Waals surface area contributed by atoms with Crippen molar-refractivity contribution in [1.29, 1.82) is 0 Å². The first-order valence-electron chi connectivity index (χ1n) is 5.70. The molecule has 2 heterocycles. The number of anilines is 1. The van der Waals surface area contributed by atoms with Crippen LogP contribution >= 0.6 is 11.6 Å².